The summed E-state index contributed by atoms with van der Waals surface area (Å²) in [6, 6.07) is 0.633. The maximum atomic E-state index is 5.51. The first kappa shape index (κ1) is 17.8. The van der Waals surface area contributed by atoms with Gasteiger partial charge in [-0.1, -0.05) is 0 Å². The van der Waals surface area contributed by atoms with E-state index < -0.39 is 0 Å². The van der Waals surface area contributed by atoms with E-state index in [1.807, 2.05) is 27.7 Å². The van der Waals surface area contributed by atoms with Crippen molar-refractivity contribution in [2.24, 2.45) is 10.7 Å². The van der Waals surface area contributed by atoms with Crippen LogP contribution in [0.25, 0.3) is 0 Å². The molecule has 0 saturated heterocycles. The Morgan fingerprint density at radius 1 is 1.17 bits per heavy atom. The summed E-state index contributed by atoms with van der Waals surface area (Å²) in [5.74, 6) is 0.532. The Hall–Kier alpha value is -0.150. The van der Waals surface area contributed by atoms with Crippen LogP contribution in [0.5, 0.6) is 0 Å². The smallest absolute Gasteiger partial charge is 0.189 e. The molecule has 0 rings (SSSR count). The molecule has 0 bridgehead atoms. The molecule has 0 aromatic rings. The Balaban J connectivity index is -0.000000405. The highest BCUT2D eigenvalue weighted by Gasteiger charge is 1.94. The van der Waals surface area contributed by atoms with Crippen molar-refractivity contribution in [2.75, 3.05) is 0 Å². The Labute approximate surface area is 87.0 Å². The van der Waals surface area contributed by atoms with E-state index in [4.69, 9.17) is 5.73 Å². The fourth-order valence-corrected chi connectivity index (χ4v) is 0.611. The van der Waals surface area contributed by atoms with Crippen molar-refractivity contribution in [1.82, 2.24) is 5.32 Å². The lowest BCUT2D eigenvalue weighted by atomic mass is 10.4. The lowest BCUT2D eigenvalue weighted by Gasteiger charge is -2.09. The van der Waals surface area contributed by atoms with Gasteiger partial charge in [-0.05, 0) is 27.7 Å². The van der Waals surface area contributed by atoms with Crippen LogP contribution >= 0.6 is 24.8 Å². The second-order valence-corrected chi connectivity index (χ2v) is 2.91. The summed E-state index contributed by atoms with van der Waals surface area (Å²) in [4.78, 5) is 4.10. The van der Waals surface area contributed by atoms with Gasteiger partial charge in [0, 0.05) is 12.1 Å². The van der Waals surface area contributed by atoms with Gasteiger partial charge in [-0.25, -0.2) is 0 Å². The summed E-state index contributed by atoms with van der Waals surface area (Å²) in [5, 5.41) is 3.00. The van der Waals surface area contributed by atoms with Gasteiger partial charge >= 0.3 is 0 Å². The number of hydrogen-bond acceptors (Lipinski definition) is 1. The summed E-state index contributed by atoms with van der Waals surface area (Å²) in [6.07, 6.45) is 0. The van der Waals surface area contributed by atoms with E-state index in [-0.39, 0.29) is 30.9 Å². The number of hydrogen-bond donors (Lipinski definition) is 2. The highest BCUT2D eigenvalue weighted by Crippen LogP contribution is 1.84. The largest absolute Gasteiger partial charge is 0.370 e. The minimum atomic E-state index is 0. The molecule has 0 unspecified atom stereocenters. The van der Waals surface area contributed by atoms with Crippen LogP contribution < -0.4 is 11.1 Å². The molecule has 0 fully saturated rings. The van der Waals surface area contributed by atoms with Crippen molar-refractivity contribution in [2.45, 2.75) is 39.8 Å². The normalized spacial score (nSPS) is 10.7. The first-order valence-corrected chi connectivity index (χ1v) is 3.62. The predicted octanol–water partition coefficient (Wildman–Crippen LogP) is 1.55. The first-order valence-electron chi connectivity index (χ1n) is 3.62. The maximum absolute atomic E-state index is 5.51. The molecule has 3 N–H and O–H groups in total. The molecule has 0 amide bonds. The third-order valence-corrected chi connectivity index (χ3v) is 0.834. The number of nitrogens with two attached hydrogens (primary N) is 1. The van der Waals surface area contributed by atoms with Crippen molar-refractivity contribution >= 4 is 30.8 Å². The number of aliphatic imine (C=N–C) groups is 1. The zero-order chi connectivity index (χ0) is 8.15. The zero-order valence-corrected chi connectivity index (χ0v) is 9.63. The van der Waals surface area contributed by atoms with Gasteiger partial charge in [0.1, 0.15) is 0 Å². The highest BCUT2D eigenvalue weighted by molar-refractivity contribution is 5.85. The fourth-order valence-electron chi connectivity index (χ4n) is 0.611. The van der Waals surface area contributed by atoms with E-state index in [2.05, 4.69) is 10.3 Å². The SMILES string of the molecule is CC(C)N=C(N)NC(C)C.Cl.Cl. The van der Waals surface area contributed by atoms with Crippen LogP contribution in [0, 0.1) is 0 Å². The first-order chi connectivity index (χ1) is 4.52. The van der Waals surface area contributed by atoms with E-state index in [1.54, 1.807) is 0 Å². The van der Waals surface area contributed by atoms with Crippen LogP contribution in [0.4, 0.5) is 0 Å². The minimum Gasteiger partial charge on any atom is -0.370 e. The second-order valence-electron chi connectivity index (χ2n) is 2.91. The van der Waals surface area contributed by atoms with Crippen LogP contribution in [0.1, 0.15) is 27.7 Å². The fraction of sp³-hybridized carbons (Fsp3) is 0.857. The minimum absolute atomic E-state index is 0. The lowest BCUT2D eigenvalue weighted by molar-refractivity contribution is 0.713. The number of rotatable bonds is 2. The average molecular weight is 216 g/mol. The van der Waals surface area contributed by atoms with Crippen molar-refractivity contribution < 1.29 is 0 Å². The second kappa shape index (κ2) is 8.94. The molecule has 5 heteroatoms. The van der Waals surface area contributed by atoms with Gasteiger partial charge in [-0.2, -0.15) is 0 Å². The molecule has 76 valence electrons. The van der Waals surface area contributed by atoms with Gasteiger partial charge in [0.15, 0.2) is 5.96 Å². The van der Waals surface area contributed by atoms with Gasteiger partial charge in [-0.3, -0.25) is 4.99 Å². The summed E-state index contributed by atoms with van der Waals surface area (Å²) in [5.41, 5.74) is 5.51. The molecular weight excluding hydrogens is 197 g/mol. The molecule has 0 aromatic heterocycles. The molecule has 3 nitrogen and oxygen atoms in total. The van der Waals surface area contributed by atoms with Gasteiger partial charge in [0.05, 0.1) is 0 Å². The van der Waals surface area contributed by atoms with Gasteiger partial charge in [0.25, 0.3) is 0 Å². The number of nitrogens with zero attached hydrogens (tertiary/aromatic N) is 1. The van der Waals surface area contributed by atoms with Crippen LogP contribution in [-0.4, -0.2) is 18.0 Å². The highest BCUT2D eigenvalue weighted by atomic mass is 35.5. The summed E-state index contributed by atoms with van der Waals surface area (Å²) in [7, 11) is 0. The van der Waals surface area contributed by atoms with Gasteiger partial charge < -0.3 is 11.1 Å². The molecule has 0 heterocycles. The lowest BCUT2D eigenvalue weighted by Crippen LogP contribution is -2.37. The monoisotopic (exact) mass is 215 g/mol. The molecular formula is C7H19Cl2N3. The van der Waals surface area contributed by atoms with Crippen LogP contribution in [0.2, 0.25) is 0 Å². The molecule has 0 spiro atoms. The van der Waals surface area contributed by atoms with Crippen LogP contribution in [0.3, 0.4) is 0 Å². The van der Waals surface area contributed by atoms with Crippen LogP contribution in [-0.2, 0) is 0 Å². The number of nitrogens with one attached hydrogen (secondary N) is 1. The van der Waals surface area contributed by atoms with Gasteiger partial charge in [0.2, 0.25) is 0 Å². The molecule has 0 saturated carbocycles. The Morgan fingerprint density at radius 3 is 1.83 bits per heavy atom. The third-order valence-electron chi connectivity index (χ3n) is 0.834. The summed E-state index contributed by atoms with van der Waals surface area (Å²) in [6.45, 7) is 8.05. The topological polar surface area (TPSA) is 50.4 Å². The molecule has 0 aromatic carbocycles. The maximum Gasteiger partial charge on any atom is 0.189 e. The Bertz CT molecular complexity index is 124. The summed E-state index contributed by atoms with van der Waals surface area (Å²) < 4.78 is 0. The average Bonchev–Trinajstić information content (AvgIpc) is 1.58. The Morgan fingerprint density at radius 2 is 1.58 bits per heavy atom. The molecule has 0 aliphatic carbocycles. The number of guanidine groups is 1. The van der Waals surface area contributed by atoms with E-state index in [1.165, 1.54) is 0 Å². The molecule has 0 aliphatic rings. The van der Waals surface area contributed by atoms with Crippen LogP contribution in [0.15, 0.2) is 4.99 Å². The predicted molar refractivity (Wildman–Crippen MR) is 59.5 cm³/mol. The van der Waals surface area contributed by atoms with E-state index in [0.29, 0.717) is 12.0 Å². The molecule has 0 radical (unpaired) electrons. The van der Waals surface area contributed by atoms with Crippen molar-refractivity contribution in [3.63, 3.8) is 0 Å². The summed E-state index contributed by atoms with van der Waals surface area (Å²) >= 11 is 0. The number of halogens is 2. The van der Waals surface area contributed by atoms with E-state index >= 15 is 0 Å². The quantitative estimate of drug-likeness (QED) is 0.543. The Kier molecular flexibility index (Phi) is 13.3. The van der Waals surface area contributed by atoms with Crippen molar-refractivity contribution in [3.05, 3.63) is 0 Å². The molecule has 0 aliphatic heterocycles. The standard InChI is InChI=1S/C7H17N3.2ClH/c1-5(2)9-7(8)10-6(3)4;;/h5-6H,1-4H3,(H3,8,9,10);2*1H. The zero-order valence-electron chi connectivity index (χ0n) is 8.00. The van der Waals surface area contributed by atoms with E-state index in [0.717, 1.165) is 0 Å². The third kappa shape index (κ3) is 12.5. The molecule has 12 heavy (non-hydrogen) atoms. The van der Waals surface area contributed by atoms with Gasteiger partial charge in [-0.15, -0.1) is 24.8 Å². The van der Waals surface area contributed by atoms with Crippen molar-refractivity contribution in [3.8, 4) is 0 Å². The molecule has 0 atom stereocenters. The van der Waals surface area contributed by atoms with E-state index in [9.17, 15) is 0 Å². The van der Waals surface area contributed by atoms with Crippen molar-refractivity contribution in [1.29, 1.82) is 0 Å².